The highest BCUT2D eigenvalue weighted by Gasteiger charge is 2.01. The zero-order valence-corrected chi connectivity index (χ0v) is 10.4. The van der Waals surface area contributed by atoms with Crippen LogP contribution in [0.2, 0.25) is 0 Å². The minimum Gasteiger partial charge on any atom is -0.326 e. The van der Waals surface area contributed by atoms with Gasteiger partial charge >= 0.3 is 0 Å². The SMILES string of the molecule is CSc1ccc(NC(=O)CCCN=[N+]=[N-])cc1. The molecule has 0 aliphatic carbocycles. The van der Waals surface area contributed by atoms with Crippen LogP contribution in [0.5, 0.6) is 0 Å². The van der Waals surface area contributed by atoms with Crippen LogP contribution >= 0.6 is 11.8 Å². The second-order valence-electron chi connectivity index (χ2n) is 3.33. The summed E-state index contributed by atoms with van der Waals surface area (Å²) in [4.78, 5) is 15.3. The van der Waals surface area contributed by atoms with Gasteiger partial charge in [0, 0.05) is 28.5 Å². The van der Waals surface area contributed by atoms with Crippen molar-refractivity contribution in [2.45, 2.75) is 17.7 Å². The lowest BCUT2D eigenvalue weighted by molar-refractivity contribution is -0.116. The number of hydrogen-bond acceptors (Lipinski definition) is 3. The number of nitrogens with zero attached hydrogens (tertiary/aromatic N) is 3. The number of benzene rings is 1. The van der Waals surface area contributed by atoms with Gasteiger partial charge in [-0.15, -0.1) is 11.8 Å². The lowest BCUT2D eigenvalue weighted by atomic mass is 10.2. The van der Waals surface area contributed by atoms with Crippen molar-refractivity contribution >= 4 is 23.4 Å². The van der Waals surface area contributed by atoms with Crippen LogP contribution in [0.15, 0.2) is 34.3 Å². The van der Waals surface area contributed by atoms with Gasteiger partial charge in [-0.3, -0.25) is 4.79 Å². The van der Waals surface area contributed by atoms with E-state index < -0.39 is 0 Å². The van der Waals surface area contributed by atoms with Crippen LogP contribution in [0.25, 0.3) is 10.4 Å². The first-order valence-electron chi connectivity index (χ1n) is 5.21. The van der Waals surface area contributed by atoms with E-state index in [1.165, 1.54) is 0 Å². The first-order chi connectivity index (χ1) is 8.26. The van der Waals surface area contributed by atoms with E-state index in [1.54, 1.807) is 11.8 Å². The third-order valence-corrected chi connectivity index (χ3v) is 2.84. The van der Waals surface area contributed by atoms with E-state index in [0.29, 0.717) is 19.4 Å². The lowest BCUT2D eigenvalue weighted by Crippen LogP contribution is -2.11. The molecule has 0 unspecified atom stereocenters. The van der Waals surface area contributed by atoms with Crippen LogP contribution in [-0.4, -0.2) is 18.7 Å². The maximum absolute atomic E-state index is 11.5. The number of carbonyl (C=O) groups excluding carboxylic acids is 1. The molecule has 1 amide bonds. The van der Waals surface area contributed by atoms with Crippen molar-refractivity contribution < 1.29 is 4.79 Å². The van der Waals surface area contributed by atoms with Gasteiger partial charge in [-0.25, -0.2) is 0 Å². The van der Waals surface area contributed by atoms with E-state index in [9.17, 15) is 4.79 Å². The van der Waals surface area contributed by atoms with Gasteiger partial charge in [-0.2, -0.15) is 0 Å². The number of amides is 1. The van der Waals surface area contributed by atoms with Gasteiger partial charge in [0.25, 0.3) is 0 Å². The van der Waals surface area contributed by atoms with Crippen LogP contribution in [-0.2, 0) is 4.79 Å². The first kappa shape index (κ1) is 13.4. The van der Waals surface area contributed by atoms with Crippen molar-refractivity contribution in [3.05, 3.63) is 34.7 Å². The molecule has 6 heteroatoms. The highest BCUT2D eigenvalue weighted by molar-refractivity contribution is 7.98. The van der Waals surface area contributed by atoms with Gasteiger partial charge in [0.1, 0.15) is 0 Å². The van der Waals surface area contributed by atoms with Crippen molar-refractivity contribution in [2.75, 3.05) is 18.1 Å². The van der Waals surface area contributed by atoms with Gasteiger partial charge in [-0.05, 0) is 42.5 Å². The first-order valence-corrected chi connectivity index (χ1v) is 6.43. The Balaban J connectivity index is 2.36. The van der Waals surface area contributed by atoms with Crippen LogP contribution in [0.3, 0.4) is 0 Å². The highest BCUT2D eigenvalue weighted by Crippen LogP contribution is 2.17. The van der Waals surface area contributed by atoms with E-state index in [0.717, 1.165) is 10.6 Å². The summed E-state index contributed by atoms with van der Waals surface area (Å²) in [5, 5.41) is 6.16. The third kappa shape index (κ3) is 5.29. The van der Waals surface area contributed by atoms with E-state index in [-0.39, 0.29) is 5.91 Å². The molecule has 0 atom stereocenters. The summed E-state index contributed by atoms with van der Waals surface area (Å²) in [7, 11) is 0. The summed E-state index contributed by atoms with van der Waals surface area (Å²) < 4.78 is 0. The molecule has 17 heavy (non-hydrogen) atoms. The van der Waals surface area contributed by atoms with Crippen LogP contribution in [0.1, 0.15) is 12.8 Å². The smallest absolute Gasteiger partial charge is 0.224 e. The number of azide groups is 1. The molecule has 1 rings (SSSR count). The molecule has 0 bridgehead atoms. The fourth-order valence-corrected chi connectivity index (χ4v) is 1.66. The Kier molecular flexibility index (Phi) is 5.99. The standard InChI is InChI=1S/C11H14N4OS/c1-17-10-6-4-9(5-7-10)14-11(16)3-2-8-13-15-12/h4-7H,2-3,8H2,1H3,(H,14,16). The summed E-state index contributed by atoms with van der Waals surface area (Å²) in [5.41, 5.74) is 8.86. The number of thioether (sulfide) groups is 1. The van der Waals surface area contributed by atoms with Gasteiger partial charge < -0.3 is 5.32 Å². The third-order valence-electron chi connectivity index (χ3n) is 2.10. The largest absolute Gasteiger partial charge is 0.326 e. The summed E-state index contributed by atoms with van der Waals surface area (Å²) >= 11 is 1.66. The van der Waals surface area contributed by atoms with E-state index in [2.05, 4.69) is 15.3 Å². The molecule has 1 aromatic carbocycles. The summed E-state index contributed by atoms with van der Waals surface area (Å²) in [6.45, 7) is 0.356. The second kappa shape index (κ2) is 7.60. The minimum atomic E-state index is -0.0601. The Morgan fingerprint density at radius 3 is 2.76 bits per heavy atom. The Hall–Kier alpha value is -1.65. The fourth-order valence-electron chi connectivity index (χ4n) is 1.25. The molecule has 0 aromatic heterocycles. The Labute approximate surface area is 104 Å². The molecule has 1 N–H and O–H groups in total. The Bertz CT molecular complexity index is 412. The van der Waals surface area contributed by atoms with Crippen LogP contribution < -0.4 is 5.32 Å². The molecule has 5 nitrogen and oxygen atoms in total. The number of nitrogens with one attached hydrogen (secondary N) is 1. The Morgan fingerprint density at radius 1 is 1.47 bits per heavy atom. The average Bonchev–Trinajstić information content (AvgIpc) is 2.36. The van der Waals surface area contributed by atoms with Crippen molar-refractivity contribution in [3.8, 4) is 0 Å². The molecule has 0 aliphatic heterocycles. The predicted octanol–water partition coefficient (Wildman–Crippen LogP) is 3.44. The van der Waals surface area contributed by atoms with Gasteiger partial charge in [0.2, 0.25) is 5.91 Å². The molecule has 0 spiro atoms. The normalized spacial score (nSPS) is 9.47. The second-order valence-corrected chi connectivity index (χ2v) is 4.21. The summed E-state index contributed by atoms with van der Waals surface area (Å²) in [6.07, 6.45) is 2.94. The molecular weight excluding hydrogens is 236 g/mol. The number of carbonyl (C=O) groups is 1. The molecule has 90 valence electrons. The van der Waals surface area contributed by atoms with Crippen LogP contribution in [0.4, 0.5) is 5.69 Å². The summed E-state index contributed by atoms with van der Waals surface area (Å²) in [5.74, 6) is -0.0601. The highest BCUT2D eigenvalue weighted by atomic mass is 32.2. The van der Waals surface area contributed by atoms with E-state index in [1.807, 2.05) is 30.5 Å². The zero-order valence-electron chi connectivity index (χ0n) is 9.59. The van der Waals surface area contributed by atoms with E-state index in [4.69, 9.17) is 5.53 Å². The molecule has 0 fully saturated rings. The van der Waals surface area contributed by atoms with Crippen LogP contribution in [0, 0.1) is 0 Å². The topological polar surface area (TPSA) is 77.9 Å². The van der Waals surface area contributed by atoms with Gasteiger partial charge in [-0.1, -0.05) is 5.11 Å². The van der Waals surface area contributed by atoms with E-state index >= 15 is 0 Å². The minimum absolute atomic E-state index is 0.0601. The number of rotatable bonds is 6. The van der Waals surface area contributed by atoms with Crippen molar-refractivity contribution in [2.24, 2.45) is 5.11 Å². The molecule has 0 saturated carbocycles. The molecular formula is C11H14N4OS. The van der Waals surface area contributed by atoms with Gasteiger partial charge in [0.15, 0.2) is 0 Å². The lowest BCUT2D eigenvalue weighted by Gasteiger charge is -2.05. The van der Waals surface area contributed by atoms with Crippen molar-refractivity contribution in [1.29, 1.82) is 0 Å². The van der Waals surface area contributed by atoms with Crippen molar-refractivity contribution in [1.82, 2.24) is 0 Å². The average molecular weight is 250 g/mol. The molecule has 0 aliphatic rings. The molecule has 0 radical (unpaired) electrons. The maximum Gasteiger partial charge on any atom is 0.224 e. The van der Waals surface area contributed by atoms with Gasteiger partial charge in [0.05, 0.1) is 0 Å². The fraction of sp³-hybridized carbons (Fsp3) is 0.364. The monoisotopic (exact) mass is 250 g/mol. The van der Waals surface area contributed by atoms with Crippen molar-refractivity contribution in [3.63, 3.8) is 0 Å². The molecule has 0 heterocycles. The maximum atomic E-state index is 11.5. The predicted molar refractivity (Wildman–Crippen MR) is 70.1 cm³/mol. The summed E-state index contributed by atoms with van der Waals surface area (Å²) in [6, 6.07) is 7.66. The Morgan fingerprint density at radius 2 is 2.18 bits per heavy atom. The number of hydrogen-bond donors (Lipinski definition) is 1. The molecule has 1 aromatic rings. The zero-order chi connectivity index (χ0) is 12.5. The quantitative estimate of drug-likeness (QED) is 0.276. The molecule has 0 saturated heterocycles. The number of anilines is 1.